The number of halogens is 1. The molecule has 5 nitrogen and oxygen atoms in total. The smallest absolute Gasteiger partial charge is 0.326 e. The van der Waals surface area contributed by atoms with Crippen LogP contribution in [0.25, 0.3) is 0 Å². The number of hydrogen-bond donors (Lipinski definition) is 1. The summed E-state index contributed by atoms with van der Waals surface area (Å²) in [5, 5.41) is 9.00. The van der Waals surface area contributed by atoms with Crippen molar-refractivity contribution in [1.29, 1.82) is 0 Å². The van der Waals surface area contributed by atoms with Crippen molar-refractivity contribution in [2.45, 2.75) is 25.3 Å². The average molecular weight is 281 g/mol. The highest BCUT2D eigenvalue weighted by atomic mass is 19.1. The van der Waals surface area contributed by atoms with E-state index in [4.69, 9.17) is 9.84 Å². The first-order valence-electron chi connectivity index (χ1n) is 6.49. The summed E-state index contributed by atoms with van der Waals surface area (Å²) in [6.07, 6.45) is 1.21. The number of benzene rings is 1. The highest BCUT2D eigenvalue weighted by Crippen LogP contribution is 2.19. The molecule has 1 atom stereocenters. The van der Waals surface area contributed by atoms with E-state index in [1.165, 1.54) is 17.0 Å². The third-order valence-electron chi connectivity index (χ3n) is 3.27. The lowest BCUT2D eigenvalue weighted by atomic mass is 10.2. The van der Waals surface area contributed by atoms with Gasteiger partial charge in [0, 0.05) is 6.54 Å². The second-order valence-electron chi connectivity index (χ2n) is 4.61. The minimum absolute atomic E-state index is 0.0304. The maximum Gasteiger partial charge on any atom is 0.326 e. The van der Waals surface area contributed by atoms with Crippen LogP contribution >= 0.6 is 0 Å². The van der Waals surface area contributed by atoms with Crippen molar-refractivity contribution >= 4 is 11.9 Å². The summed E-state index contributed by atoms with van der Waals surface area (Å²) in [4.78, 5) is 24.3. The van der Waals surface area contributed by atoms with Gasteiger partial charge in [-0.2, -0.15) is 0 Å². The van der Waals surface area contributed by atoms with Gasteiger partial charge in [-0.25, -0.2) is 9.18 Å². The molecule has 2 rings (SSSR count). The number of para-hydroxylation sites is 1. The fourth-order valence-electron chi connectivity index (χ4n) is 2.28. The Hall–Kier alpha value is -2.11. The molecule has 1 fully saturated rings. The van der Waals surface area contributed by atoms with Gasteiger partial charge in [0.15, 0.2) is 11.6 Å². The number of carbonyl (C=O) groups is 2. The number of carbonyl (C=O) groups excluding carboxylic acids is 1. The molecule has 0 unspecified atom stereocenters. The monoisotopic (exact) mass is 281 g/mol. The van der Waals surface area contributed by atoms with E-state index in [2.05, 4.69) is 0 Å². The fourth-order valence-corrected chi connectivity index (χ4v) is 2.28. The zero-order chi connectivity index (χ0) is 14.5. The normalized spacial score (nSPS) is 18.1. The molecule has 1 amide bonds. The van der Waals surface area contributed by atoms with E-state index >= 15 is 0 Å². The summed E-state index contributed by atoms with van der Waals surface area (Å²) in [6, 6.07) is 5.21. The molecule has 0 spiro atoms. The molecule has 1 heterocycles. The van der Waals surface area contributed by atoms with Gasteiger partial charge in [0.05, 0.1) is 13.0 Å². The number of amides is 1. The van der Waals surface area contributed by atoms with Crippen LogP contribution in [0.1, 0.15) is 19.3 Å². The summed E-state index contributed by atoms with van der Waals surface area (Å²) < 4.78 is 18.5. The standard InChI is InChI=1S/C14H16FNO4/c15-10-4-1-2-6-12(10)20-9-7-13(17)16-8-3-5-11(16)14(18)19/h1-2,4,6,11H,3,5,7-9H2,(H,18,19)/t11-/m0/s1. The number of likely N-dealkylation sites (tertiary alicyclic amines) is 1. The summed E-state index contributed by atoms with van der Waals surface area (Å²) >= 11 is 0. The number of carboxylic acids is 1. The second-order valence-corrected chi connectivity index (χ2v) is 4.61. The fraction of sp³-hybridized carbons (Fsp3) is 0.429. The van der Waals surface area contributed by atoms with Crippen LogP contribution < -0.4 is 4.74 Å². The number of carboxylic acid groups (broad SMARTS) is 1. The van der Waals surface area contributed by atoms with Crippen molar-refractivity contribution in [1.82, 2.24) is 4.90 Å². The highest BCUT2D eigenvalue weighted by molar-refractivity contribution is 5.84. The molecular weight excluding hydrogens is 265 g/mol. The van der Waals surface area contributed by atoms with Gasteiger partial charge in [-0.15, -0.1) is 0 Å². The Balaban J connectivity index is 1.84. The quantitative estimate of drug-likeness (QED) is 0.891. The molecule has 6 heteroatoms. The molecule has 1 aliphatic rings. The van der Waals surface area contributed by atoms with Crippen molar-refractivity contribution < 1.29 is 23.8 Å². The van der Waals surface area contributed by atoms with Crippen molar-refractivity contribution in [3.05, 3.63) is 30.1 Å². The van der Waals surface area contributed by atoms with Crippen molar-refractivity contribution in [3.63, 3.8) is 0 Å². The molecule has 0 radical (unpaired) electrons. The van der Waals surface area contributed by atoms with Gasteiger partial charge in [-0.3, -0.25) is 4.79 Å². The van der Waals surface area contributed by atoms with Crippen LogP contribution in [0.2, 0.25) is 0 Å². The lowest BCUT2D eigenvalue weighted by molar-refractivity contribution is -0.148. The van der Waals surface area contributed by atoms with E-state index in [1.54, 1.807) is 12.1 Å². The molecule has 1 aromatic carbocycles. The Bertz CT molecular complexity index is 506. The van der Waals surface area contributed by atoms with Crippen LogP contribution in [-0.2, 0) is 9.59 Å². The van der Waals surface area contributed by atoms with Crippen molar-refractivity contribution in [2.75, 3.05) is 13.2 Å². The number of rotatable bonds is 5. The van der Waals surface area contributed by atoms with Crippen LogP contribution in [0.15, 0.2) is 24.3 Å². The Kier molecular flexibility index (Phi) is 4.55. The Morgan fingerprint density at radius 2 is 2.15 bits per heavy atom. The summed E-state index contributed by atoms with van der Waals surface area (Å²) in [7, 11) is 0. The summed E-state index contributed by atoms with van der Waals surface area (Å²) in [5.74, 6) is -1.64. The maximum absolute atomic E-state index is 13.3. The summed E-state index contributed by atoms with van der Waals surface area (Å²) in [5.41, 5.74) is 0. The number of nitrogens with zero attached hydrogens (tertiary/aromatic N) is 1. The highest BCUT2D eigenvalue weighted by Gasteiger charge is 2.33. The molecule has 0 aliphatic carbocycles. The third kappa shape index (κ3) is 3.26. The van der Waals surface area contributed by atoms with E-state index in [9.17, 15) is 14.0 Å². The first-order chi connectivity index (χ1) is 9.59. The third-order valence-corrected chi connectivity index (χ3v) is 3.27. The average Bonchev–Trinajstić information content (AvgIpc) is 2.90. The largest absolute Gasteiger partial charge is 0.490 e. The van der Waals surface area contributed by atoms with Gasteiger partial charge in [-0.05, 0) is 25.0 Å². The first kappa shape index (κ1) is 14.3. The van der Waals surface area contributed by atoms with E-state index in [0.29, 0.717) is 19.4 Å². The Morgan fingerprint density at radius 3 is 2.85 bits per heavy atom. The van der Waals surface area contributed by atoms with Gasteiger partial charge in [-0.1, -0.05) is 12.1 Å². The minimum atomic E-state index is -0.981. The lowest BCUT2D eigenvalue weighted by Gasteiger charge is -2.21. The van der Waals surface area contributed by atoms with Crippen LogP contribution in [0, 0.1) is 5.82 Å². The van der Waals surface area contributed by atoms with Gasteiger partial charge in [0.25, 0.3) is 0 Å². The van der Waals surface area contributed by atoms with Crippen LogP contribution in [-0.4, -0.2) is 41.1 Å². The van der Waals surface area contributed by atoms with Crippen LogP contribution in [0.3, 0.4) is 0 Å². The number of ether oxygens (including phenoxy) is 1. The Labute approximate surface area is 116 Å². The van der Waals surface area contributed by atoms with Crippen LogP contribution in [0.5, 0.6) is 5.75 Å². The van der Waals surface area contributed by atoms with Crippen molar-refractivity contribution in [2.24, 2.45) is 0 Å². The molecule has 0 bridgehead atoms. The first-order valence-corrected chi connectivity index (χ1v) is 6.49. The van der Waals surface area contributed by atoms with Crippen molar-refractivity contribution in [3.8, 4) is 5.75 Å². The van der Waals surface area contributed by atoms with Gasteiger partial charge < -0.3 is 14.7 Å². The predicted octanol–water partition coefficient (Wildman–Crippen LogP) is 1.67. The zero-order valence-corrected chi connectivity index (χ0v) is 10.9. The topological polar surface area (TPSA) is 66.8 Å². The predicted molar refractivity (Wildman–Crippen MR) is 68.9 cm³/mol. The van der Waals surface area contributed by atoms with E-state index in [-0.39, 0.29) is 24.7 Å². The molecular formula is C14H16FNO4. The van der Waals surface area contributed by atoms with E-state index in [0.717, 1.165) is 0 Å². The van der Waals surface area contributed by atoms with Gasteiger partial charge in [0.2, 0.25) is 5.91 Å². The SMILES string of the molecule is O=C(O)[C@@H]1CCCN1C(=O)CCOc1ccccc1F. The van der Waals surface area contributed by atoms with Gasteiger partial charge in [0.1, 0.15) is 6.04 Å². The Morgan fingerprint density at radius 1 is 1.40 bits per heavy atom. The molecule has 108 valence electrons. The molecule has 1 aliphatic heterocycles. The molecule has 1 saturated heterocycles. The molecule has 1 N–H and O–H groups in total. The van der Waals surface area contributed by atoms with Gasteiger partial charge >= 0.3 is 5.97 Å². The molecule has 1 aromatic rings. The summed E-state index contributed by atoms with van der Waals surface area (Å²) in [6.45, 7) is 0.484. The molecule has 0 aromatic heterocycles. The molecule has 0 saturated carbocycles. The number of aliphatic carboxylic acids is 1. The lowest BCUT2D eigenvalue weighted by Crippen LogP contribution is -2.40. The van der Waals surface area contributed by atoms with E-state index < -0.39 is 17.8 Å². The maximum atomic E-state index is 13.3. The van der Waals surface area contributed by atoms with E-state index in [1.807, 2.05) is 0 Å². The number of hydrogen-bond acceptors (Lipinski definition) is 3. The second kappa shape index (κ2) is 6.36. The molecule has 20 heavy (non-hydrogen) atoms. The zero-order valence-electron chi connectivity index (χ0n) is 10.9. The minimum Gasteiger partial charge on any atom is -0.490 e. The van der Waals surface area contributed by atoms with Crippen LogP contribution in [0.4, 0.5) is 4.39 Å².